The molecule has 0 rings (SSSR count). The zero-order valence-electron chi connectivity index (χ0n) is 4.68. The molecule has 0 amide bonds. The van der Waals surface area contributed by atoms with Gasteiger partial charge in [0.15, 0.2) is 0 Å². The molecular formula is C5H11OSb. The van der Waals surface area contributed by atoms with Crippen LogP contribution in [-0.2, 0) is 3.02 Å². The molecule has 0 spiro atoms. The van der Waals surface area contributed by atoms with Crippen LogP contribution in [0, 0.1) is 0 Å². The molecule has 0 atom stereocenters. The Hall–Kier alpha value is 0.778. The van der Waals surface area contributed by atoms with E-state index < -0.39 is 0 Å². The van der Waals surface area contributed by atoms with Gasteiger partial charge in [0.25, 0.3) is 0 Å². The summed E-state index contributed by atoms with van der Waals surface area (Å²) in [6, 6.07) is 0. The van der Waals surface area contributed by atoms with Crippen molar-refractivity contribution < 1.29 is 3.02 Å². The van der Waals surface area contributed by atoms with E-state index in [0.717, 1.165) is 6.61 Å². The number of hydrogen-bond donors (Lipinski definition) is 0. The van der Waals surface area contributed by atoms with E-state index >= 15 is 0 Å². The van der Waals surface area contributed by atoms with E-state index in [0.29, 0.717) is 0 Å². The summed E-state index contributed by atoms with van der Waals surface area (Å²) >= 11 is 1.44. The van der Waals surface area contributed by atoms with Gasteiger partial charge in [0, 0.05) is 0 Å². The Balaban J connectivity index is 2.45. The van der Waals surface area contributed by atoms with E-state index in [1.807, 2.05) is 0 Å². The average Bonchev–Trinajstić information content (AvgIpc) is 1.69. The molecule has 0 aromatic rings. The molecule has 0 heterocycles. The minimum atomic E-state index is 0.947. The fourth-order valence-corrected chi connectivity index (χ4v) is 0.785. The van der Waals surface area contributed by atoms with Crippen LogP contribution < -0.4 is 0 Å². The minimum absolute atomic E-state index is 0.947. The summed E-state index contributed by atoms with van der Waals surface area (Å²) in [5.41, 5.74) is 0. The fourth-order valence-electron chi connectivity index (χ4n) is 0.417. The Kier molecular flexibility index (Phi) is 7.53. The SMILES string of the molecule is CCCCC[O][Sb]. The molecule has 0 aliphatic rings. The summed E-state index contributed by atoms with van der Waals surface area (Å²) in [6.45, 7) is 3.14. The molecule has 0 saturated heterocycles. The van der Waals surface area contributed by atoms with Crippen molar-refractivity contribution in [1.29, 1.82) is 0 Å². The summed E-state index contributed by atoms with van der Waals surface area (Å²) in [6.07, 6.45) is 3.82. The third kappa shape index (κ3) is 6.78. The van der Waals surface area contributed by atoms with Crippen molar-refractivity contribution in [2.45, 2.75) is 26.2 Å². The maximum absolute atomic E-state index is 4.89. The topological polar surface area (TPSA) is 9.23 Å². The van der Waals surface area contributed by atoms with Gasteiger partial charge in [0.1, 0.15) is 0 Å². The van der Waals surface area contributed by atoms with Crippen molar-refractivity contribution in [3.63, 3.8) is 0 Å². The Labute approximate surface area is 59.5 Å². The second kappa shape index (κ2) is 6.78. The Morgan fingerprint density at radius 2 is 2.14 bits per heavy atom. The predicted octanol–water partition coefficient (Wildman–Crippen LogP) is 1.28. The van der Waals surface area contributed by atoms with Gasteiger partial charge in [-0.1, -0.05) is 0 Å². The molecule has 0 fully saturated rings. The van der Waals surface area contributed by atoms with E-state index in [-0.39, 0.29) is 0 Å². The first-order valence-corrected chi connectivity index (χ1v) is 3.72. The van der Waals surface area contributed by atoms with Crippen molar-refractivity contribution in [1.82, 2.24) is 0 Å². The van der Waals surface area contributed by atoms with Gasteiger partial charge < -0.3 is 0 Å². The third-order valence-corrected chi connectivity index (χ3v) is 1.36. The van der Waals surface area contributed by atoms with Crippen LogP contribution in [0.3, 0.4) is 0 Å². The summed E-state index contributed by atoms with van der Waals surface area (Å²) in [7, 11) is 0. The molecular weight excluding hydrogens is 198 g/mol. The van der Waals surface area contributed by atoms with E-state index in [9.17, 15) is 0 Å². The zero-order valence-corrected chi connectivity index (χ0v) is 7.24. The summed E-state index contributed by atoms with van der Waals surface area (Å²) < 4.78 is 4.89. The first-order chi connectivity index (χ1) is 3.41. The van der Waals surface area contributed by atoms with Gasteiger partial charge in [-0.2, -0.15) is 0 Å². The van der Waals surface area contributed by atoms with Crippen LogP contribution in [-0.4, -0.2) is 30.0 Å². The van der Waals surface area contributed by atoms with Crippen molar-refractivity contribution in [2.75, 3.05) is 6.61 Å². The number of hydrogen-bond acceptors (Lipinski definition) is 1. The first kappa shape index (κ1) is 7.78. The van der Waals surface area contributed by atoms with Crippen molar-refractivity contribution in [3.05, 3.63) is 0 Å². The Morgan fingerprint density at radius 3 is 2.57 bits per heavy atom. The molecule has 0 bridgehead atoms. The normalized spacial score (nSPS) is 9.43. The second-order valence-corrected chi connectivity index (χ2v) is 2.28. The van der Waals surface area contributed by atoms with E-state index in [1.165, 1.54) is 42.7 Å². The van der Waals surface area contributed by atoms with E-state index in [1.54, 1.807) is 0 Å². The van der Waals surface area contributed by atoms with Gasteiger partial charge in [0.05, 0.1) is 0 Å². The quantitative estimate of drug-likeness (QED) is 0.500. The van der Waals surface area contributed by atoms with Crippen LogP contribution in [0.15, 0.2) is 0 Å². The molecule has 0 aliphatic heterocycles. The molecule has 0 saturated carbocycles. The molecule has 0 aromatic heterocycles. The first-order valence-electron chi connectivity index (χ1n) is 2.68. The molecule has 0 N–H and O–H groups in total. The van der Waals surface area contributed by atoms with Gasteiger partial charge in [-0.25, -0.2) is 0 Å². The molecule has 2 radical (unpaired) electrons. The van der Waals surface area contributed by atoms with Crippen LogP contribution in [0.4, 0.5) is 0 Å². The molecule has 2 heteroatoms. The van der Waals surface area contributed by atoms with Gasteiger partial charge in [0.2, 0.25) is 0 Å². The van der Waals surface area contributed by atoms with Gasteiger partial charge in [-0.3, -0.25) is 0 Å². The summed E-state index contributed by atoms with van der Waals surface area (Å²) in [4.78, 5) is 0. The zero-order chi connectivity index (χ0) is 5.54. The predicted molar refractivity (Wildman–Crippen MR) is 31.2 cm³/mol. The van der Waals surface area contributed by atoms with Crippen molar-refractivity contribution >= 4 is 23.4 Å². The fraction of sp³-hybridized carbons (Fsp3) is 1.00. The van der Waals surface area contributed by atoms with Crippen molar-refractivity contribution in [3.8, 4) is 0 Å². The standard InChI is InChI=1S/C5H11O.Sb/c1-2-3-4-5-6;/h2-5H2,1H3;/q-1;+1. The second-order valence-electron chi connectivity index (χ2n) is 1.54. The summed E-state index contributed by atoms with van der Waals surface area (Å²) in [5, 5.41) is 0. The van der Waals surface area contributed by atoms with E-state index in [4.69, 9.17) is 3.02 Å². The molecule has 0 aromatic carbocycles. The van der Waals surface area contributed by atoms with Crippen molar-refractivity contribution in [2.24, 2.45) is 0 Å². The molecule has 0 aliphatic carbocycles. The number of rotatable bonds is 4. The molecule has 7 heavy (non-hydrogen) atoms. The van der Waals surface area contributed by atoms with E-state index in [2.05, 4.69) is 6.92 Å². The van der Waals surface area contributed by atoms with Crippen LogP contribution in [0.2, 0.25) is 0 Å². The van der Waals surface area contributed by atoms with Crippen LogP contribution in [0.25, 0.3) is 0 Å². The van der Waals surface area contributed by atoms with Gasteiger partial charge in [-0.15, -0.1) is 0 Å². The Morgan fingerprint density at radius 1 is 1.43 bits per heavy atom. The molecule has 0 unspecified atom stereocenters. The molecule has 1 nitrogen and oxygen atoms in total. The molecule has 42 valence electrons. The average molecular weight is 209 g/mol. The monoisotopic (exact) mass is 208 g/mol. The Bertz CT molecular complexity index is 27.3. The van der Waals surface area contributed by atoms with Crippen LogP contribution in [0.1, 0.15) is 26.2 Å². The maximum atomic E-state index is 4.89. The summed E-state index contributed by atoms with van der Waals surface area (Å²) in [5.74, 6) is 0. The number of unbranched alkanes of at least 4 members (excludes halogenated alkanes) is 2. The van der Waals surface area contributed by atoms with Gasteiger partial charge >= 0.3 is 59.3 Å². The van der Waals surface area contributed by atoms with Gasteiger partial charge in [-0.05, 0) is 0 Å². The third-order valence-electron chi connectivity index (χ3n) is 0.839. The van der Waals surface area contributed by atoms with Crippen LogP contribution in [0.5, 0.6) is 0 Å². The van der Waals surface area contributed by atoms with Crippen LogP contribution >= 0.6 is 0 Å².